The number of fused-ring (bicyclic) bond motifs is 2. The number of nitrogens with one attached hydrogen (secondary N) is 3. The quantitative estimate of drug-likeness (QED) is 0.445. The van der Waals surface area contributed by atoms with Crippen molar-refractivity contribution >= 4 is 34.4 Å². The summed E-state index contributed by atoms with van der Waals surface area (Å²) in [7, 11) is 0. The SMILES string of the molecule is O=C(c1ccc(Nc2nc(NC3CCCC3)c3c(C(F)(F)F)c[nH]c3n2)c2c1OCCO2)N1CCOCC1. The molecule has 1 amide bonds. The summed E-state index contributed by atoms with van der Waals surface area (Å²) in [5.74, 6) is 0.642. The number of H-pyrrole nitrogens is 1. The van der Waals surface area contributed by atoms with Crippen LogP contribution in [0.5, 0.6) is 11.5 Å². The first-order chi connectivity index (χ1) is 18.4. The molecule has 3 N–H and O–H groups in total. The zero-order chi connectivity index (χ0) is 26.3. The minimum atomic E-state index is -4.56. The average molecular weight is 533 g/mol. The van der Waals surface area contributed by atoms with Gasteiger partial charge in [0.15, 0.2) is 11.5 Å². The summed E-state index contributed by atoms with van der Waals surface area (Å²) >= 11 is 0. The molecule has 4 heterocycles. The number of hydrogen-bond donors (Lipinski definition) is 3. The van der Waals surface area contributed by atoms with Gasteiger partial charge in [0.1, 0.15) is 24.7 Å². The number of morpholine rings is 1. The van der Waals surface area contributed by atoms with Crippen molar-refractivity contribution in [3.05, 3.63) is 29.5 Å². The Morgan fingerprint density at radius 2 is 1.76 bits per heavy atom. The number of hydrogen-bond acceptors (Lipinski definition) is 8. The van der Waals surface area contributed by atoms with Gasteiger partial charge in [0.05, 0.1) is 35.4 Å². The second-order valence-electron chi connectivity index (χ2n) is 9.49. The molecular weight excluding hydrogens is 505 g/mol. The number of ether oxygens (including phenoxy) is 3. The van der Waals surface area contributed by atoms with Crippen LogP contribution in [0.3, 0.4) is 0 Å². The fourth-order valence-electron chi connectivity index (χ4n) is 5.14. The van der Waals surface area contributed by atoms with E-state index in [0.29, 0.717) is 49.1 Å². The van der Waals surface area contributed by atoms with E-state index in [9.17, 15) is 18.0 Å². The van der Waals surface area contributed by atoms with Crippen LogP contribution in [0, 0.1) is 0 Å². The lowest BCUT2D eigenvalue weighted by atomic mass is 10.1. The lowest BCUT2D eigenvalue weighted by Gasteiger charge is -2.29. The van der Waals surface area contributed by atoms with Crippen LogP contribution in [0.4, 0.5) is 30.6 Å². The number of aromatic amines is 1. The summed E-state index contributed by atoms with van der Waals surface area (Å²) in [6, 6.07) is 3.33. The number of carbonyl (C=O) groups is 1. The van der Waals surface area contributed by atoms with Crippen LogP contribution in [0.15, 0.2) is 18.3 Å². The minimum absolute atomic E-state index is 0.0342. The molecule has 3 aliphatic rings. The first-order valence-electron chi connectivity index (χ1n) is 12.7. The zero-order valence-corrected chi connectivity index (χ0v) is 20.5. The van der Waals surface area contributed by atoms with E-state index in [-0.39, 0.29) is 48.0 Å². The second kappa shape index (κ2) is 9.86. The number of carbonyl (C=O) groups excluding carboxylic acids is 1. The lowest BCUT2D eigenvalue weighted by Crippen LogP contribution is -2.41. The summed E-state index contributed by atoms with van der Waals surface area (Å²) < 4.78 is 58.2. The predicted octanol–water partition coefficient (Wildman–Crippen LogP) is 4.32. The van der Waals surface area contributed by atoms with Crippen molar-refractivity contribution in [2.75, 3.05) is 50.2 Å². The van der Waals surface area contributed by atoms with Crippen molar-refractivity contribution in [2.24, 2.45) is 0 Å². The maximum atomic E-state index is 13.7. The normalized spacial score (nSPS) is 18.1. The molecule has 0 bridgehead atoms. The van der Waals surface area contributed by atoms with Gasteiger partial charge in [0.25, 0.3) is 5.91 Å². The van der Waals surface area contributed by atoms with Crippen molar-refractivity contribution in [3.63, 3.8) is 0 Å². The molecular formula is C25H27F3N6O4. The summed E-state index contributed by atoms with van der Waals surface area (Å²) in [5, 5.41) is 6.18. The van der Waals surface area contributed by atoms with E-state index >= 15 is 0 Å². The molecule has 1 aliphatic carbocycles. The number of alkyl halides is 3. The van der Waals surface area contributed by atoms with E-state index in [2.05, 4.69) is 25.6 Å². The number of nitrogens with zero attached hydrogens (tertiary/aromatic N) is 3. The molecule has 1 aromatic carbocycles. The summed E-state index contributed by atoms with van der Waals surface area (Å²) in [5.41, 5.74) is 0.0402. The summed E-state index contributed by atoms with van der Waals surface area (Å²) in [6.07, 6.45) is 0.0861. The summed E-state index contributed by atoms with van der Waals surface area (Å²) in [4.78, 5) is 26.3. The minimum Gasteiger partial charge on any atom is -0.485 e. The van der Waals surface area contributed by atoms with Gasteiger partial charge in [-0.3, -0.25) is 4.79 Å². The zero-order valence-electron chi connectivity index (χ0n) is 20.5. The molecule has 2 aliphatic heterocycles. The van der Waals surface area contributed by atoms with Crippen LogP contribution in [-0.4, -0.2) is 71.3 Å². The fraction of sp³-hybridized carbons (Fsp3) is 0.480. The maximum absolute atomic E-state index is 13.7. The molecule has 202 valence electrons. The predicted molar refractivity (Wildman–Crippen MR) is 132 cm³/mol. The second-order valence-corrected chi connectivity index (χ2v) is 9.49. The van der Waals surface area contributed by atoms with Crippen molar-refractivity contribution in [1.82, 2.24) is 19.9 Å². The Kier molecular flexibility index (Phi) is 6.38. The van der Waals surface area contributed by atoms with E-state index in [1.165, 1.54) is 0 Å². The Balaban J connectivity index is 1.36. The highest BCUT2D eigenvalue weighted by Gasteiger charge is 2.36. The molecule has 0 unspecified atom stereocenters. The van der Waals surface area contributed by atoms with Crippen LogP contribution < -0.4 is 20.1 Å². The molecule has 0 atom stereocenters. The third kappa shape index (κ3) is 4.66. The third-order valence-corrected chi connectivity index (χ3v) is 7.00. The van der Waals surface area contributed by atoms with E-state index in [4.69, 9.17) is 14.2 Å². The van der Waals surface area contributed by atoms with Gasteiger partial charge in [-0.15, -0.1) is 0 Å². The first kappa shape index (κ1) is 24.6. The van der Waals surface area contributed by atoms with Gasteiger partial charge in [-0.1, -0.05) is 12.8 Å². The number of rotatable bonds is 5. The van der Waals surface area contributed by atoms with Gasteiger partial charge < -0.3 is 34.7 Å². The lowest BCUT2D eigenvalue weighted by molar-refractivity contribution is -0.136. The topological polar surface area (TPSA) is 114 Å². The molecule has 10 nitrogen and oxygen atoms in total. The number of amides is 1. The molecule has 2 fully saturated rings. The molecule has 38 heavy (non-hydrogen) atoms. The van der Waals surface area contributed by atoms with Crippen LogP contribution in [0.25, 0.3) is 11.0 Å². The third-order valence-electron chi connectivity index (χ3n) is 7.00. The number of benzene rings is 1. The molecule has 1 saturated heterocycles. The Bertz CT molecular complexity index is 1350. The number of halogens is 3. The van der Waals surface area contributed by atoms with Crippen LogP contribution in [-0.2, 0) is 10.9 Å². The van der Waals surface area contributed by atoms with Gasteiger partial charge in [-0.05, 0) is 25.0 Å². The molecule has 1 saturated carbocycles. The van der Waals surface area contributed by atoms with Gasteiger partial charge in [0, 0.05) is 25.3 Å². The molecule has 6 rings (SSSR count). The Labute approximate surface area is 215 Å². The smallest absolute Gasteiger partial charge is 0.418 e. The van der Waals surface area contributed by atoms with Crippen LogP contribution >= 0.6 is 0 Å². The van der Waals surface area contributed by atoms with E-state index < -0.39 is 11.7 Å². The molecule has 0 spiro atoms. The summed E-state index contributed by atoms with van der Waals surface area (Å²) in [6.45, 7) is 2.45. The highest BCUT2D eigenvalue weighted by molar-refractivity contribution is 5.99. The number of aromatic nitrogens is 3. The highest BCUT2D eigenvalue weighted by atomic mass is 19.4. The first-order valence-corrected chi connectivity index (χ1v) is 12.7. The van der Waals surface area contributed by atoms with Crippen molar-refractivity contribution < 1.29 is 32.2 Å². The molecule has 13 heteroatoms. The average Bonchev–Trinajstić information content (AvgIpc) is 3.59. The van der Waals surface area contributed by atoms with Crippen LogP contribution in [0.2, 0.25) is 0 Å². The maximum Gasteiger partial charge on any atom is 0.418 e. The largest absolute Gasteiger partial charge is 0.485 e. The standard InChI is InChI=1S/C25H27F3N6O4/c26-25(27,28)16-13-29-21-18(16)22(30-14-3-1-2-4-14)33-24(32-21)31-17-6-5-15(19-20(17)38-12-11-37-19)23(35)34-7-9-36-10-8-34/h5-6,13-14H,1-4,7-12H2,(H3,29,30,31,32,33). The van der Waals surface area contributed by atoms with Gasteiger partial charge in [0.2, 0.25) is 5.95 Å². The number of anilines is 3. The van der Waals surface area contributed by atoms with Crippen molar-refractivity contribution in [1.29, 1.82) is 0 Å². The monoisotopic (exact) mass is 532 g/mol. The Morgan fingerprint density at radius 1 is 1.03 bits per heavy atom. The molecule has 0 radical (unpaired) electrons. The molecule has 3 aromatic rings. The van der Waals surface area contributed by atoms with Crippen molar-refractivity contribution in [3.8, 4) is 11.5 Å². The van der Waals surface area contributed by atoms with Gasteiger partial charge >= 0.3 is 6.18 Å². The van der Waals surface area contributed by atoms with E-state index in [1.54, 1.807) is 17.0 Å². The van der Waals surface area contributed by atoms with Gasteiger partial charge in [-0.2, -0.15) is 23.1 Å². The van der Waals surface area contributed by atoms with Gasteiger partial charge in [-0.25, -0.2) is 0 Å². The van der Waals surface area contributed by atoms with E-state index in [1.807, 2.05) is 0 Å². The fourth-order valence-corrected chi connectivity index (χ4v) is 5.14. The van der Waals surface area contributed by atoms with E-state index in [0.717, 1.165) is 31.9 Å². The highest BCUT2D eigenvalue weighted by Crippen LogP contribution is 2.43. The van der Waals surface area contributed by atoms with Crippen molar-refractivity contribution in [2.45, 2.75) is 37.9 Å². The van der Waals surface area contributed by atoms with Crippen LogP contribution in [0.1, 0.15) is 41.6 Å². The Hall–Kier alpha value is -3.74. The Morgan fingerprint density at radius 3 is 2.50 bits per heavy atom. The molecule has 2 aromatic heterocycles.